The number of benzene rings is 1. The van der Waals surface area contributed by atoms with Gasteiger partial charge in [-0.25, -0.2) is 0 Å². The molecule has 170 valence electrons. The molecule has 1 N–H and O–H groups in total. The van der Waals surface area contributed by atoms with E-state index in [1.807, 2.05) is 39.8 Å². The fraction of sp³-hybridized carbons (Fsp3) is 0.600. The average molecular weight is 436 g/mol. The van der Waals surface area contributed by atoms with Gasteiger partial charge in [0.25, 0.3) is 5.91 Å². The Balaban J connectivity index is 1.21. The van der Waals surface area contributed by atoms with Gasteiger partial charge in [0.15, 0.2) is 0 Å². The maximum absolute atomic E-state index is 12.9. The summed E-state index contributed by atoms with van der Waals surface area (Å²) in [6.07, 6.45) is 10.00. The summed E-state index contributed by atoms with van der Waals surface area (Å²) in [6, 6.07) is 10.2. The van der Waals surface area contributed by atoms with Crippen LogP contribution in [0.15, 0.2) is 30.3 Å². The molecular formula is C25H33N5O2. The summed E-state index contributed by atoms with van der Waals surface area (Å²) in [5, 5.41) is 11.8. The van der Waals surface area contributed by atoms with Gasteiger partial charge < -0.3 is 14.8 Å². The van der Waals surface area contributed by atoms with Gasteiger partial charge in [-0.15, -0.1) is 10.2 Å². The number of carbonyl (C=O) groups excluding carboxylic acids is 2. The third kappa shape index (κ3) is 4.43. The molecule has 0 bridgehead atoms. The molecule has 2 fully saturated rings. The Morgan fingerprint density at radius 2 is 1.78 bits per heavy atom. The Morgan fingerprint density at radius 3 is 2.59 bits per heavy atom. The van der Waals surface area contributed by atoms with Gasteiger partial charge in [-0.3, -0.25) is 9.59 Å². The molecule has 0 unspecified atom stereocenters. The molecule has 1 saturated heterocycles. The van der Waals surface area contributed by atoms with Gasteiger partial charge in [0.2, 0.25) is 11.7 Å². The third-order valence-electron chi connectivity index (χ3n) is 7.70. The second-order valence-corrected chi connectivity index (χ2v) is 9.88. The number of aromatic nitrogens is 3. The van der Waals surface area contributed by atoms with Crippen LogP contribution < -0.4 is 5.32 Å². The van der Waals surface area contributed by atoms with E-state index in [0.717, 1.165) is 69.5 Å². The van der Waals surface area contributed by atoms with Crippen LogP contribution in [0.5, 0.6) is 0 Å². The van der Waals surface area contributed by atoms with Gasteiger partial charge in [-0.1, -0.05) is 49.6 Å². The zero-order chi connectivity index (χ0) is 22.0. The summed E-state index contributed by atoms with van der Waals surface area (Å²) in [4.78, 5) is 27.8. The molecule has 2 aliphatic heterocycles. The van der Waals surface area contributed by atoms with Crippen molar-refractivity contribution >= 4 is 11.8 Å². The Kier molecular flexibility index (Phi) is 5.98. The summed E-state index contributed by atoms with van der Waals surface area (Å²) in [7, 11) is 0. The molecule has 3 aliphatic rings. The second kappa shape index (κ2) is 9.04. The molecule has 7 nitrogen and oxygen atoms in total. The number of amides is 2. The van der Waals surface area contributed by atoms with Crippen LogP contribution in [0.2, 0.25) is 0 Å². The van der Waals surface area contributed by atoms with E-state index in [2.05, 4.69) is 15.5 Å². The monoisotopic (exact) mass is 435 g/mol. The molecule has 1 atom stereocenters. The van der Waals surface area contributed by atoms with E-state index in [4.69, 9.17) is 0 Å². The second-order valence-electron chi connectivity index (χ2n) is 9.88. The lowest BCUT2D eigenvalue weighted by Gasteiger charge is -2.27. The van der Waals surface area contributed by atoms with Crippen LogP contribution in [0, 0.1) is 5.41 Å². The standard InChI is InChI=1S/C25H33N5O2/c31-22(17-19-7-3-1-4-8-19)29-15-13-25(18-29)12-11-21-27-28-23(30(21)16-14-25)24(32)26-20-9-5-2-6-10-20/h1,3-4,7-8,20H,2,5-6,9-18H2,(H,26,32)/t25-/m1/s1. The third-order valence-corrected chi connectivity index (χ3v) is 7.70. The number of aryl methyl sites for hydroxylation is 1. The molecule has 32 heavy (non-hydrogen) atoms. The number of fused-ring (bicyclic) bond motifs is 1. The first-order valence-corrected chi connectivity index (χ1v) is 12.2. The first-order chi connectivity index (χ1) is 15.6. The summed E-state index contributed by atoms with van der Waals surface area (Å²) in [5.41, 5.74) is 1.18. The van der Waals surface area contributed by atoms with Crippen molar-refractivity contribution < 1.29 is 9.59 Å². The molecule has 1 spiro atoms. The number of carbonyl (C=O) groups is 2. The van der Waals surface area contributed by atoms with Gasteiger partial charge in [-0.2, -0.15) is 0 Å². The number of hydrogen-bond acceptors (Lipinski definition) is 4. The SMILES string of the molecule is O=C(NC1CCCCC1)c1nnc2n1CC[C@@]1(CC2)CCN(C(=O)Cc2ccccc2)C1. The molecule has 2 aromatic rings. The van der Waals surface area contributed by atoms with Crippen molar-refractivity contribution in [2.75, 3.05) is 13.1 Å². The summed E-state index contributed by atoms with van der Waals surface area (Å²) in [5.74, 6) is 1.49. The van der Waals surface area contributed by atoms with E-state index in [1.54, 1.807) is 0 Å². The minimum Gasteiger partial charge on any atom is -0.347 e. The molecule has 2 amide bonds. The Morgan fingerprint density at radius 1 is 1.00 bits per heavy atom. The first kappa shape index (κ1) is 21.2. The minimum atomic E-state index is -0.0855. The van der Waals surface area contributed by atoms with Crippen LogP contribution in [0.1, 0.15) is 73.4 Å². The molecule has 1 aromatic heterocycles. The molecule has 1 saturated carbocycles. The van der Waals surface area contributed by atoms with Crippen molar-refractivity contribution in [3.05, 3.63) is 47.5 Å². The fourth-order valence-corrected chi connectivity index (χ4v) is 5.71. The molecule has 7 heteroatoms. The molecule has 5 rings (SSSR count). The van der Waals surface area contributed by atoms with Gasteiger partial charge in [0.05, 0.1) is 6.42 Å². The maximum atomic E-state index is 12.9. The fourth-order valence-electron chi connectivity index (χ4n) is 5.71. The van der Waals surface area contributed by atoms with Crippen molar-refractivity contribution in [3.63, 3.8) is 0 Å². The van der Waals surface area contributed by atoms with Crippen molar-refractivity contribution in [1.29, 1.82) is 0 Å². The zero-order valence-electron chi connectivity index (χ0n) is 18.8. The number of nitrogens with zero attached hydrogens (tertiary/aromatic N) is 4. The highest BCUT2D eigenvalue weighted by atomic mass is 16.2. The van der Waals surface area contributed by atoms with Gasteiger partial charge in [0.1, 0.15) is 5.82 Å². The quantitative estimate of drug-likeness (QED) is 0.800. The van der Waals surface area contributed by atoms with Gasteiger partial charge >= 0.3 is 0 Å². The van der Waals surface area contributed by atoms with Crippen molar-refractivity contribution in [2.24, 2.45) is 5.41 Å². The van der Waals surface area contributed by atoms with Crippen LogP contribution in [-0.2, 0) is 24.2 Å². The van der Waals surface area contributed by atoms with Crippen LogP contribution in [-0.4, -0.2) is 50.6 Å². The number of rotatable bonds is 4. The average Bonchev–Trinajstić information content (AvgIpc) is 3.38. The van der Waals surface area contributed by atoms with E-state index < -0.39 is 0 Å². The number of hydrogen-bond donors (Lipinski definition) is 1. The largest absolute Gasteiger partial charge is 0.347 e. The highest BCUT2D eigenvalue weighted by Gasteiger charge is 2.41. The summed E-state index contributed by atoms with van der Waals surface area (Å²) >= 11 is 0. The lowest BCUT2D eigenvalue weighted by Crippen LogP contribution is -2.37. The maximum Gasteiger partial charge on any atom is 0.289 e. The van der Waals surface area contributed by atoms with Crippen LogP contribution in [0.3, 0.4) is 0 Å². The highest BCUT2D eigenvalue weighted by Crippen LogP contribution is 2.41. The Bertz CT molecular complexity index is 966. The topological polar surface area (TPSA) is 80.1 Å². The predicted octanol–water partition coefficient (Wildman–Crippen LogP) is 3.14. The van der Waals surface area contributed by atoms with Crippen LogP contribution in [0.25, 0.3) is 0 Å². The number of nitrogens with one attached hydrogen (secondary N) is 1. The lowest BCUT2D eigenvalue weighted by atomic mass is 9.80. The van der Waals surface area contributed by atoms with Crippen molar-refractivity contribution in [2.45, 2.75) is 76.8 Å². The highest BCUT2D eigenvalue weighted by molar-refractivity contribution is 5.91. The van der Waals surface area contributed by atoms with Crippen molar-refractivity contribution in [1.82, 2.24) is 25.0 Å². The summed E-state index contributed by atoms with van der Waals surface area (Å²) < 4.78 is 2.03. The minimum absolute atomic E-state index is 0.0855. The van der Waals surface area contributed by atoms with Crippen molar-refractivity contribution in [3.8, 4) is 0 Å². The molecule has 3 heterocycles. The predicted molar refractivity (Wildman–Crippen MR) is 121 cm³/mol. The van der Waals surface area contributed by atoms with E-state index in [0.29, 0.717) is 12.2 Å². The molecule has 1 aromatic carbocycles. The van der Waals surface area contributed by atoms with Gasteiger partial charge in [-0.05, 0) is 43.1 Å². The first-order valence-electron chi connectivity index (χ1n) is 12.2. The summed E-state index contributed by atoms with van der Waals surface area (Å²) in [6.45, 7) is 2.37. The zero-order valence-corrected chi connectivity index (χ0v) is 18.8. The van der Waals surface area contributed by atoms with Crippen LogP contribution >= 0.6 is 0 Å². The Hall–Kier alpha value is -2.70. The van der Waals surface area contributed by atoms with E-state index in [9.17, 15) is 9.59 Å². The smallest absolute Gasteiger partial charge is 0.289 e. The molecular weight excluding hydrogens is 402 g/mol. The van der Waals surface area contributed by atoms with E-state index in [-0.39, 0.29) is 23.3 Å². The van der Waals surface area contributed by atoms with E-state index >= 15 is 0 Å². The molecule has 0 radical (unpaired) electrons. The number of likely N-dealkylation sites (tertiary alicyclic amines) is 1. The van der Waals surface area contributed by atoms with Gasteiger partial charge in [0, 0.05) is 32.1 Å². The van der Waals surface area contributed by atoms with Crippen LogP contribution in [0.4, 0.5) is 0 Å². The Labute approximate surface area is 189 Å². The molecule has 1 aliphatic carbocycles. The van der Waals surface area contributed by atoms with E-state index in [1.165, 1.54) is 19.3 Å². The lowest BCUT2D eigenvalue weighted by molar-refractivity contribution is -0.129. The normalized spacial score (nSPS) is 23.7.